The molecule has 6 atom stereocenters. The number of fused-ring (bicyclic) bond motifs is 9. The van der Waals surface area contributed by atoms with Gasteiger partial charge in [-0.15, -0.1) is 11.3 Å². The molecule has 5 aliphatic rings. The molecule has 1 aromatic heterocycles. The van der Waals surface area contributed by atoms with Crippen LogP contribution in [-0.4, -0.2) is 23.6 Å². The minimum absolute atomic E-state index is 0.0101. The molecule has 1 aromatic carbocycles. The molecule has 166 valence electrons. The van der Waals surface area contributed by atoms with Crippen molar-refractivity contribution in [2.75, 3.05) is 4.90 Å². The lowest BCUT2D eigenvalue weighted by molar-refractivity contribution is -0.125. The van der Waals surface area contributed by atoms with E-state index in [1.54, 1.807) is 0 Å². The fourth-order valence-corrected chi connectivity index (χ4v) is 8.62. The van der Waals surface area contributed by atoms with Gasteiger partial charge < -0.3 is 4.84 Å². The van der Waals surface area contributed by atoms with E-state index in [4.69, 9.17) is 16.4 Å². The van der Waals surface area contributed by atoms with Crippen LogP contribution in [0.3, 0.4) is 0 Å². The molecule has 2 aromatic rings. The first kappa shape index (κ1) is 19.7. The fraction of sp³-hybridized carbons (Fsp3) is 0.440. The average molecular weight is 478 g/mol. The van der Waals surface area contributed by atoms with E-state index in [0.29, 0.717) is 15.6 Å². The van der Waals surface area contributed by atoms with Crippen LogP contribution in [0.1, 0.15) is 40.8 Å². The average Bonchev–Trinajstić information content (AvgIpc) is 3.60. The van der Waals surface area contributed by atoms with Crippen LogP contribution in [0.2, 0.25) is 5.02 Å². The normalized spacial score (nSPS) is 33.5. The molecule has 7 rings (SSSR count). The summed E-state index contributed by atoms with van der Waals surface area (Å²) in [6, 6.07) is 9.86. The van der Waals surface area contributed by atoms with Gasteiger partial charge in [0.05, 0.1) is 23.1 Å². The third-order valence-corrected chi connectivity index (χ3v) is 9.91. The molecule has 33 heavy (non-hydrogen) atoms. The Morgan fingerprint density at radius 3 is 2.64 bits per heavy atom. The first-order valence-corrected chi connectivity index (χ1v) is 12.7. The van der Waals surface area contributed by atoms with E-state index < -0.39 is 5.92 Å². The van der Waals surface area contributed by atoms with Crippen molar-refractivity contribution in [1.29, 1.82) is 5.26 Å². The smallest absolute Gasteiger partial charge is 0.238 e. The van der Waals surface area contributed by atoms with Crippen LogP contribution < -0.4 is 4.90 Å². The Kier molecular flexibility index (Phi) is 4.13. The molecule has 2 aliphatic heterocycles. The highest BCUT2D eigenvalue weighted by Crippen LogP contribution is 2.62. The van der Waals surface area contributed by atoms with Gasteiger partial charge in [-0.1, -0.05) is 35.0 Å². The molecule has 3 heterocycles. The van der Waals surface area contributed by atoms with Gasteiger partial charge in [-0.25, -0.2) is 4.90 Å². The number of carbonyl (C=O) groups excluding carboxylic acids is 2. The Morgan fingerprint density at radius 2 is 1.85 bits per heavy atom. The van der Waals surface area contributed by atoms with Crippen molar-refractivity contribution in [1.82, 2.24) is 0 Å². The van der Waals surface area contributed by atoms with Crippen LogP contribution in [0.15, 0.2) is 29.4 Å². The minimum atomic E-state index is -0.393. The number of benzene rings is 1. The van der Waals surface area contributed by atoms with Crippen molar-refractivity contribution < 1.29 is 14.4 Å². The van der Waals surface area contributed by atoms with Crippen molar-refractivity contribution in [3.05, 3.63) is 50.9 Å². The summed E-state index contributed by atoms with van der Waals surface area (Å²) in [6.07, 6.45) is 4.47. The van der Waals surface area contributed by atoms with Crippen LogP contribution in [0.5, 0.6) is 0 Å². The summed E-state index contributed by atoms with van der Waals surface area (Å²) in [5, 5.41) is 15.4. The Balaban J connectivity index is 1.27. The van der Waals surface area contributed by atoms with Gasteiger partial charge in [0.25, 0.3) is 0 Å². The lowest BCUT2D eigenvalue weighted by Gasteiger charge is -2.29. The second-order valence-corrected chi connectivity index (χ2v) is 11.2. The van der Waals surface area contributed by atoms with Gasteiger partial charge in [0, 0.05) is 27.3 Å². The van der Waals surface area contributed by atoms with E-state index in [1.165, 1.54) is 16.2 Å². The van der Waals surface area contributed by atoms with Gasteiger partial charge in [-0.3, -0.25) is 9.59 Å². The van der Waals surface area contributed by atoms with E-state index in [9.17, 15) is 14.9 Å². The molecule has 6 nitrogen and oxygen atoms in total. The number of aryl methyl sites for hydroxylation is 1. The van der Waals surface area contributed by atoms with Gasteiger partial charge in [0.1, 0.15) is 17.2 Å². The number of carbonyl (C=O) groups is 2. The number of thiophene rings is 1. The Bertz CT molecular complexity index is 1310. The van der Waals surface area contributed by atoms with Crippen LogP contribution in [-0.2, 0) is 27.3 Å². The predicted octanol–water partition coefficient (Wildman–Crippen LogP) is 4.33. The third kappa shape index (κ3) is 2.46. The molecule has 1 saturated heterocycles. The summed E-state index contributed by atoms with van der Waals surface area (Å²) in [5.74, 6) is -1.20. The zero-order valence-electron chi connectivity index (χ0n) is 17.7. The second kappa shape index (κ2) is 6.91. The molecule has 0 N–H and O–H groups in total. The number of hydrogen-bond donors (Lipinski definition) is 0. The van der Waals surface area contributed by atoms with Crippen molar-refractivity contribution in [2.45, 2.75) is 38.2 Å². The Morgan fingerprint density at radius 1 is 1.09 bits per heavy atom. The lowest BCUT2D eigenvalue weighted by Crippen LogP contribution is -2.41. The number of anilines is 1. The highest BCUT2D eigenvalue weighted by Gasteiger charge is 2.70. The van der Waals surface area contributed by atoms with Gasteiger partial charge >= 0.3 is 0 Å². The van der Waals surface area contributed by atoms with E-state index in [2.05, 4.69) is 11.2 Å². The molecule has 2 amide bonds. The van der Waals surface area contributed by atoms with E-state index in [0.717, 1.165) is 53.8 Å². The lowest BCUT2D eigenvalue weighted by atomic mass is 9.71. The number of rotatable bonds is 2. The molecular formula is C25H20ClN3O3S. The summed E-state index contributed by atoms with van der Waals surface area (Å²) in [5.41, 5.74) is 3.19. The summed E-state index contributed by atoms with van der Waals surface area (Å²) >= 11 is 7.91. The van der Waals surface area contributed by atoms with Crippen LogP contribution in [0.25, 0.3) is 0 Å². The highest BCUT2D eigenvalue weighted by atomic mass is 35.5. The van der Waals surface area contributed by atoms with E-state index in [1.807, 2.05) is 24.3 Å². The molecule has 0 spiro atoms. The number of halogens is 1. The van der Waals surface area contributed by atoms with E-state index >= 15 is 0 Å². The zero-order valence-corrected chi connectivity index (χ0v) is 19.2. The predicted molar refractivity (Wildman–Crippen MR) is 123 cm³/mol. The molecular weight excluding hydrogens is 458 g/mol. The summed E-state index contributed by atoms with van der Waals surface area (Å²) < 4.78 is 0. The highest BCUT2D eigenvalue weighted by molar-refractivity contribution is 7.17. The van der Waals surface area contributed by atoms with E-state index in [-0.39, 0.29) is 41.6 Å². The number of nitrogens with zero attached hydrogens (tertiary/aromatic N) is 3. The molecule has 2 saturated carbocycles. The number of oxime groups is 1. The van der Waals surface area contributed by atoms with Gasteiger partial charge in [-0.05, 0) is 49.7 Å². The maximum absolute atomic E-state index is 13.8. The first-order valence-electron chi connectivity index (χ1n) is 11.5. The molecule has 0 radical (unpaired) electrons. The molecule has 0 unspecified atom stereocenters. The van der Waals surface area contributed by atoms with Crippen molar-refractivity contribution in [3.8, 4) is 6.07 Å². The molecule has 8 heteroatoms. The van der Waals surface area contributed by atoms with Crippen molar-refractivity contribution >= 4 is 45.5 Å². The van der Waals surface area contributed by atoms with Crippen LogP contribution in [0, 0.1) is 40.9 Å². The van der Waals surface area contributed by atoms with Crippen molar-refractivity contribution in [2.24, 2.45) is 34.7 Å². The third-order valence-electron chi connectivity index (χ3n) is 8.31. The number of imide groups is 1. The maximum atomic E-state index is 13.8. The monoisotopic (exact) mass is 477 g/mol. The van der Waals surface area contributed by atoms with Gasteiger partial charge in [-0.2, -0.15) is 5.26 Å². The van der Waals surface area contributed by atoms with Crippen LogP contribution >= 0.6 is 22.9 Å². The standard InChI is InChI=1S/C25H20ClN3O3S/c26-16-7-3-1-6-12(16)21-20-13-9-14(22(20)32-28-21)19-18(13)23(30)29(24(19)31)25-15(10-27)11-5-2-4-8-17(11)33-25/h1,3,6-7,13-14,18-20,22H,2,4-5,8-9H2/t13-,14+,18+,19-,20+,22+/m1/s1. The molecule has 3 aliphatic carbocycles. The summed E-state index contributed by atoms with van der Waals surface area (Å²) in [4.78, 5) is 35.8. The quantitative estimate of drug-likeness (QED) is 0.603. The SMILES string of the molecule is N#Cc1c(N2C(=O)[C@@H]3[C@@H]4C[C@@H]([C@H]5C(c6ccccc6Cl)=NO[C@@H]45)[C@@H]3C2=O)sc2c1CCCC2. The Labute approximate surface area is 199 Å². The molecule has 2 bridgehead atoms. The largest absolute Gasteiger partial charge is 0.391 e. The van der Waals surface area contributed by atoms with Crippen molar-refractivity contribution in [3.63, 3.8) is 0 Å². The zero-order chi connectivity index (χ0) is 22.4. The van der Waals surface area contributed by atoms with Crippen LogP contribution in [0.4, 0.5) is 5.00 Å². The van der Waals surface area contributed by atoms with Gasteiger partial charge in [0.15, 0.2) is 0 Å². The summed E-state index contributed by atoms with van der Waals surface area (Å²) in [6.45, 7) is 0. The number of hydrogen-bond acceptors (Lipinski definition) is 6. The van der Waals surface area contributed by atoms with Gasteiger partial charge in [0.2, 0.25) is 11.8 Å². The second-order valence-electron chi connectivity index (χ2n) is 9.68. The minimum Gasteiger partial charge on any atom is -0.391 e. The summed E-state index contributed by atoms with van der Waals surface area (Å²) in [7, 11) is 0. The topological polar surface area (TPSA) is 82.8 Å². The number of nitriles is 1. The fourth-order valence-electron chi connectivity index (χ4n) is 7.04. The first-order chi connectivity index (χ1) is 16.1. The maximum Gasteiger partial charge on any atom is 0.238 e. The Hall–Kier alpha value is -2.69. The number of amides is 2. The molecule has 3 fully saturated rings.